The van der Waals surface area contributed by atoms with E-state index >= 15 is 0 Å². The molecule has 86 valence electrons. The van der Waals surface area contributed by atoms with E-state index in [0.29, 0.717) is 5.56 Å². The molecule has 0 amide bonds. The van der Waals surface area contributed by atoms with Gasteiger partial charge in [0.25, 0.3) is 5.56 Å². The van der Waals surface area contributed by atoms with Crippen molar-refractivity contribution >= 4 is 5.78 Å². The Morgan fingerprint density at radius 1 is 1.24 bits per heavy atom. The highest BCUT2D eigenvalue weighted by atomic mass is 16.1. The Morgan fingerprint density at radius 3 is 2.59 bits per heavy atom. The number of hydrogen-bond donors (Lipinski definition) is 1. The summed E-state index contributed by atoms with van der Waals surface area (Å²) >= 11 is 0. The van der Waals surface area contributed by atoms with Crippen molar-refractivity contribution in [1.82, 2.24) is 4.98 Å². The van der Waals surface area contributed by atoms with Gasteiger partial charge in [0.1, 0.15) is 0 Å². The summed E-state index contributed by atoms with van der Waals surface area (Å²) in [5.74, 6) is -0.234. The van der Waals surface area contributed by atoms with Gasteiger partial charge >= 0.3 is 0 Å². The Morgan fingerprint density at radius 2 is 1.94 bits per heavy atom. The lowest BCUT2D eigenvalue weighted by atomic mass is 10.0. The zero-order chi connectivity index (χ0) is 12.3. The van der Waals surface area contributed by atoms with Crippen molar-refractivity contribution in [3.8, 4) is 0 Å². The molecule has 0 aliphatic carbocycles. The monoisotopic (exact) mass is 227 g/mol. The van der Waals surface area contributed by atoms with Crippen LogP contribution in [0.4, 0.5) is 0 Å². The van der Waals surface area contributed by atoms with Crippen molar-refractivity contribution < 1.29 is 4.79 Å². The Bertz CT molecular complexity index is 585. The first kappa shape index (κ1) is 11.3. The van der Waals surface area contributed by atoms with Gasteiger partial charge in [0.15, 0.2) is 5.78 Å². The average Bonchev–Trinajstić information content (AvgIpc) is 2.39. The molecule has 0 spiro atoms. The van der Waals surface area contributed by atoms with Gasteiger partial charge in [-0.25, -0.2) is 0 Å². The minimum atomic E-state index is -0.337. The molecule has 1 aromatic carbocycles. The second-order valence-corrected chi connectivity index (χ2v) is 3.80. The lowest BCUT2D eigenvalue weighted by Gasteiger charge is -2.02. The third-order valence-corrected chi connectivity index (χ3v) is 2.65. The molecule has 2 aromatic rings. The second-order valence-electron chi connectivity index (χ2n) is 3.80. The van der Waals surface area contributed by atoms with Crippen LogP contribution in [0, 0.1) is 0 Å². The van der Waals surface area contributed by atoms with E-state index in [-0.39, 0.29) is 16.9 Å². The molecule has 0 unspecified atom stereocenters. The molecule has 17 heavy (non-hydrogen) atoms. The molecular formula is C14H13NO2. The smallest absolute Gasteiger partial charge is 0.259 e. The first-order valence-electron chi connectivity index (χ1n) is 5.53. The summed E-state index contributed by atoms with van der Waals surface area (Å²) in [7, 11) is 0. The molecule has 1 aromatic heterocycles. The largest absolute Gasteiger partial charge is 0.328 e. The quantitative estimate of drug-likeness (QED) is 0.817. The van der Waals surface area contributed by atoms with Crippen LogP contribution in [0.15, 0.2) is 47.4 Å². The number of benzene rings is 1. The van der Waals surface area contributed by atoms with Crippen LogP contribution in [0.5, 0.6) is 0 Å². The van der Waals surface area contributed by atoms with Crippen molar-refractivity contribution in [1.29, 1.82) is 0 Å². The molecule has 1 N–H and O–H groups in total. The Hall–Kier alpha value is -2.16. The molecular weight excluding hydrogens is 214 g/mol. The summed E-state index contributed by atoms with van der Waals surface area (Å²) in [6.07, 6.45) is 2.43. The number of aryl methyl sites for hydroxylation is 1. The fourth-order valence-corrected chi connectivity index (χ4v) is 1.65. The number of carbonyl (C=O) groups excluding carboxylic acids is 1. The molecule has 0 aliphatic heterocycles. The third kappa shape index (κ3) is 2.33. The molecule has 0 aliphatic rings. The number of rotatable bonds is 3. The van der Waals surface area contributed by atoms with E-state index in [1.165, 1.54) is 0 Å². The fourth-order valence-electron chi connectivity index (χ4n) is 1.65. The molecule has 0 atom stereocenters. The number of H-pyrrole nitrogens is 1. The van der Waals surface area contributed by atoms with Crippen LogP contribution in [-0.4, -0.2) is 10.8 Å². The van der Waals surface area contributed by atoms with Crippen molar-refractivity contribution in [3.05, 3.63) is 69.6 Å². The molecule has 0 radical (unpaired) electrons. The lowest BCUT2D eigenvalue weighted by molar-refractivity contribution is 0.103. The summed E-state index contributed by atoms with van der Waals surface area (Å²) in [6.45, 7) is 1.98. The van der Waals surface area contributed by atoms with Gasteiger partial charge in [-0.1, -0.05) is 37.3 Å². The maximum absolute atomic E-state index is 12.1. The number of pyridine rings is 1. The molecule has 2 rings (SSSR count). The zero-order valence-electron chi connectivity index (χ0n) is 9.57. The van der Waals surface area contributed by atoms with Crippen LogP contribution >= 0.6 is 0 Å². The molecule has 3 heteroatoms. The van der Waals surface area contributed by atoms with E-state index in [1.807, 2.05) is 13.0 Å². The highest BCUT2D eigenvalue weighted by Crippen LogP contribution is 2.07. The second kappa shape index (κ2) is 4.78. The van der Waals surface area contributed by atoms with Gasteiger partial charge in [0.2, 0.25) is 0 Å². The predicted octanol–water partition coefficient (Wildman–Crippen LogP) is 2.17. The summed E-state index contributed by atoms with van der Waals surface area (Å²) in [5, 5.41) is 0. The maximum Gasteiger partial charge on any atom is 0.259 e. The normalized spacial score (nSPS) is 10.2. The number of nitrogens with one attached hydrogen (secondary N) is 1. The number of aromatic nitrogens is 1. The molecule has 0 fully saturated rings. The fraction of sp³-hybridized carbons (Fsp3) is 0.143. The molecule has 0 saturated carbocycles. The van der Waals surface area contributed by atoms with E-state index < -0.39 is 0 Å². The lowest BCUT2D eigenvalue weighted by Crippen LogP contribution is -2.18. The minimum Gasteiger partial charge on any atom is -0.328 e. The van der Waals surface area contributed by atoms with Crippen LogP contribution in [0.1, 0.15) is 28.4 Å². The molecule has 3 nitrogen and oxygen atoms in total. The van der Waals surface area contributed by atoms with Crippen LogP contribution in [-0.2, 0) is 6.42 Å². The molecule has 1 heterocycles. The Labute approximate surface area is 99.1 Å². The SMILES string of the molecule is CCc1c[nH]c(=O)c(C(=O)c2ccccc2)c1. The minimum absolute atomic E-state index is 0.204. The number of carbonyl (C=O) groups is 1. The van der Waals surface area contributed by atoms with E-state index in [2.05, 4.69) is 4.98 Å². The van der Waals surface area contributed by atoms with E-state index in [0.717, 1.165) is 12.0 Å². The predicted molar refractivity (Wildman–Crippen MR) is 66.3 cm³/mol. The summed E-state index contributed by atoms with van der Waals surface area (Å²) < 4.78 is 0. The van der Waals surface area contributed by atoms with Gasteiger partial charge in [-0.3, -0.25) is 9.59 Å². The van der Waals surface area contributed by atoms with E-state index in [1.54, 1.807) is 36.5 Å². The Balaban J connectivity index is 2.47. The first-order chi connectivity index (χ1) is 8.22. The van der Waals surface area contributed by atoms with Crippen LogP contribution in [0.25, 0.3) is 0 Å². The number of hydrogen-bond acceptors (Lipinski definition) is 2. The number of ketones is 1. The highest BCUT2D eigenvalue weighted by molar-refractivity contribution is 6.08. The summed E-state index contributed by atoms with van der Waals surface area (Å²) in [5.41, 5.74) is 1.35. The van der Waals surface area contributed by atoms with E-state index in [9.17, 15) is 9.59 Å². The maximum atomic E-state index is 12.1. The van der Waals surface area contributed by atoms with Crippen LogP contribution in [0.3, 0.4) is 0 Å². The molecule has 0 bridgehead atoms. The first-order valence-corrected chi connectivity index (χ1v) is 5.53. The van der Waals surface area contributed by atoms with Gasteiger partial charge < -0.3 is 4.98 Å². The van der Waals surface area contributed by atoms with Crippen molar-refractivity contribution in [2.75, 3.05) is 0 Å². The van der Waals surface area contributed by atoms with Crippen molar-refractivity contribution in [2.24, 2.45) is 0 Å². The standard InChI is InChI=1S/C14H13NO2/c1-2-10-8-12(14(17)15-9-10)13(16)11-6-4-3-5-7-11/h3-9H,2H2,1H3,(H,15,17). The van der Waals surface area contributed by atoms with Gasteiger partial charge in [0, 0.05) is 11.8 Å². The van der Waals surface area contributed by atoms with Gasteiger partial charge in [0.05, 0.1) is 5.56 Å². The highest BCUT2D eigenvalue weighted by Gasteiger charge is 2.12. The molecule has 0 saturated heterocycles. The zero-order valence-corrected chi connectivity index (χ0v) is 9.57. The van der Waals surface area contributed by atoms with Crippen molar-refractivity contribution in [2.45, 2.75) is 13.3 Å². The van der Waals surface area contributed by atoms with Crippen LogP contribution < -0.4 is 5.56 Å². The number of aromatic amines is 1. The van der Waals surface area contributed by atoms with Gasteiger partial charge in [-0.15, -0.1) is 0 Å². The van der Waals surface area contributed by atoms with Gasteiger partial charge in [-0.2, -0.15) is 0 Å². The Kier molecular flexibility index (Phi) is 3.19. The average molecular weight is 227 g/mol. The van der Waals surface area contributed by atoms with Gasteiger partial charge in [-0.05, 0) is 18.1 Å². The van der Waals surface area contributed by atoms with Crippen LogP contribution in [0.2, 0.25) is 0 Å². The summed E-state index contributed by atoms with van der Waals surface area (Å²) in [6, 6.07) is 10.5. The topological polar surface area (TPSA) is 49.9 Å². The van der Waals surface area contributed by atoms with Crippen molar-refractivity contribution in [3.63, 3.8) is 0 Å². The van der Waals surface area contributed by atoms with E-state index in [4.69, 9.17) is 0 Å². The summed E-state index contributed by atoms with van der Waals surface area (Å²) in [4.78, 5) is 26.3. The third-order valence-electron chi connectivity index (χ3n) is 2.65.